The molecule has 1 amide bonds. The lowest BCUT2D eigenvalue weighted by Gasteiger charge is -2.48. The molecule has 1 unspecified atom stereocenters. The van der Waals surface area contributed by atoms with Crippen LogP contribution in [0.4, 0.5) is 4.79 Å². The maximum Gasteiger partial charge on any atom is 0.408 e. The van der Waals surface area contributed by atoms with E-state index in [1.165, 1.54) is 0 Å². The van der Waals surface area contributed by atoms with E-state index in [0.29, 0.717) is 38.7 Å². The predicted octanol–water partition coefficient (Wildman–Crippen LogP) is 1.64. The highest BCUT2D eigenvalue weighted by molar-refractivity contribution is 5.79. The summed E-state index contributed by atoms with van der Waals surface area (Å²) in [6.45, 7) is 5.94. The van der Waals surface area contributed by atoms with Gasteiger partial charge in [-0.1, -0.05) is 0 Å². The van der Waals surface area contributed by atoms with Crippen LogP contribution in [0.15, 0.2) is 0 Å². The first-order valence-electron chi connectivity index (χ1n) is 8.18. The van der Waals surface area contributed by atoms with Crippen LogP contribution in [0, 0.1) is 5.41 Å². The van der Waals surface area contributed by atoms with Crippen molar-refractivity contribution in [3.8, 4) is 0 Å². The Morgan fingerprint density at radius 1 is 1.26 bits per heavy atom. The molecular formula is C16H28N2O5. The van der Waals surface area contributed by atoms with Crippen molar-refractivity contribution >= 4 is 12.1 Å². The van der Waals surface area contributed by atoms with Crippen LogP contribution in [0.3, 0.4) is 0 Å². The summed E-state index contributed by atoms with van der Waals surface area (Å²) in [5.41, 5.74) is 3.30. The molecule has 1 saturated carbocycles. The highest BCUT2D eigenvalue weighted by Gasteiger charge is 2.60. The van der Waals surface area contributed by atoms with Gasteiger partial charge in [0.15, 0.2) is 0 Å². The number of nitrogens with one attached hydrogen (secondary N) is 1. The summed E-state index contributed by atoms with van der Waals surface area (Å²) in [5.74, 6) is -0.897. The molecule has 0 aromatic rings. The molecule has 0 bridgehead atoms. The Hall–Kier alpha value is -1.34. The summed E-state index contributed by atoms with van der Waals surface area (Å²) in [7, 11) is 0. The van der Waals surface area contributed by atoms with Crippen molar-refractivity contribution in [3.05, 3.63) is 0 Å². The van der Waals surface area contributed by atoms with Crippen molar-refractivity contribution in [2.24, 2.45) is 11.1 Å². The second-order valence-electron chi connectivity index (χ2n) is 7.74. The molecule has 7 nitrogen and oxygen atoms in total. The monoisotopic (exact) mass is 328 g/mol. The average molecular weight is 328 g/mol. The summed E-state index contributed by atoms with van der Waals surface area (Å²) >= 11 is 0. The number of carboxylic acids is 1. The minimum atomic E-state index is -1.06. The Bertz CT molecular complexity index is 458. The van der Waals surface area contributed by atoms with E-state index in [-0.39, 0.29) is 12.6 Å². The largest absolute Gasteiger partial charge is 0.481 e. The topological polar surface area (TPSA) is 111 Å². The van der Waals surface area contributed by atoms with Gasteiger partial charge >= 0.3 is 12.1 Å². The molecule has 0 spiro atoms. The first kappa shape index (κ1) is 18.0. The van der Waals surface area contributed by atoms with Gasteiger partial charge < -0.3 is 25.6 Å². The van der Waals surface area contributed by atoms with Crippen LogP contribution in [0.2, 0.25) is 0 Å². The Morgan fingerprint density at radius 2 is 1.87 bits per heavy atom. The van der Waals surface area contributed by atoms with Crippen molar-refractivity contribution < 1.29 is 24.2 Å². The second kappa shape index (κ2) is 6.28. The van der Waals surface area contributed by atoms with Crippen LogP contribution >= 0.6 is 0 Å². The number of aliphatic carboxylic acids is 1. The zero-order valence-corrected chi connectivity index (χ0v) is 14.2. The lowest BCUT2D eigenvalue weighted by molar-refractivity contribution is -0.158. The number of carbonyl (C=O) groups is 2. The summed E-state index contributed by atoms with van der Waals surface area (Å²) in [6, 6.07) is 0.0170. The van der Waals surface area contributed by atoms with Gasteiger partial charge in [-0.15, -0.1) is 0 Å². The molecule has 0 aromatic carbocycles. The van der Waals surface area contributed by atoms with Gasteiger partial charge in [-0.25, -0.2) is 4.79 Å². The molecule has 1 aliphatic carbocycles. The Labute approximate surface area is 136 Å². The number of nitrogens with two attached hydrogens (primary N) is 1. The van der Waals surface area contributed by atoms with Gasteiger partial charge in [0.25, 0.3) is 0 Å². The summed E-state index contributed by atoms with van der Waals surface area (Å²) in [6.07, 6.45) is 1.99. The number of hydrogen-bond donors (Lipinski definition) is 3. The molecule has 1 atom stereocenters. The smallest absolute Gasteiger partial charge is 0.408 e. The molecule has 2 rings (SSSR count). The molecule has 4 N–H and O–H groups in total. The zero-order chi connectivity index (χ0) is 17.3. The van der Waals surface area contributed by atoms with Crippen LogP contribution in [0.5, 0.6) is 0 Å². The van der Waals surface area contributed by atoms with E-state index in [0.717, 1.165) is 0 Å². The highest BCUT2D eigenvalue weighted by atomic mass is 16.6. The predicted molar refractivity (Wildman–Crippen MR) is 84.0 cm³/mol. The van der Waals surface area contributed by atoms with Crippen molar-refractivity contribution in [2.45, 2.75) is 70.1 Å². The quantitative estimate of drug-likeness (QED) is 0.726. The van der Waals surface area contributed by atoms with Crippen LogP contribution in [0.1, 0.15) is 52.9 Å². The third-order valence-electron chi connectivity index (χ3n) is 4.97. The Balaban J connectivity index is 2.27. The maximum atomic E-state index is 12.3. The number of hydrogen-bond acceptors (Lipinski definition) is 5. The van der Waals surface area contributed by atoms with Gasteiger partial charge in [0.1, 0.15) is 5.60 Å². The molecule has 1 saturated heterocycles. The molecule has 0 aromatic heterocycles. The van der Waals surface area contributed by atoms with Crippen LogP contribution < -0.4 is 11.1 Å². The first-order chi connectivity index (χ1) is 10.6. The minimum Gasteiger partial charge on any atom is -0.481 e. The molecular weight excluding hydrogens is 300 g/mol. The summed E-state index contributed by atoms with van der Waals surface area (Å²) < 4.78 is 10.8. The number of amides is 1. The number of carboxylic acid groups (broad SMARTS) is 1. The SMILES string of the molecule is CC(C)(C)OC(=O)NC1(C2(C(=O)O)CCC(N)CC2)CCOC1. The van der Waals surface area contributed by atoms with E-state index in [9.17, 15) is 14.7 Å². The van der Waals surface area contributed by atoms with Crippen LogP contribution in [0.25, 0.3) is 0 Å². The van der Waals surface area contributed by atoms with E-state index in [2.05, 4.69) is 5.32 Å². The minimum absolute atomic E-state index is 0.0170. The average Bonchev–Trinajstić information content (AvgIpc) is 2.86. The molecule has 23 heavy (non-hydrogen) atoms. The van der Waals surface area contributed by atoms with Crippen molar-refractivity contribution in [3.63, 3.8) is 0 Å². The molecule has 1 aliphatic heterocycles. The normalized spacial score (nSPS) is 34.9. The van der Waals surface area contributed by atoms with Gasteiger partial charge in [-0.2, -0.15) is 0 Å². The molecule has 0 radical (unpaired) electrons. The van der Waals surface area contributed by atoms with E-state index < -0.39 is 28.6 Å². The Morgan fingerprint density at radius 3 is 2.30 bits per heavy atom. The van der Waals surface area contributed by atoms with Crippen molar-refractivity contribution in [1.82, 2.24) is 5.32 Å². The fraction of sp³-hybridized carbons (Fsp3) is 0.875. The van der Waals surface area contributed by atoms with E-state index in [1.807, 2.05) is 0 Å². The van der Waals surface area contributed by atoms with Crippen LogP contribution in [-0.2, 0) is 14.3 Å². The maximum absolute atomic E-state index is 12.3. The van der Waals surface area contributed by atoms with E-state index in [4.69, 9.17) is 15.2 Å². The molecule has 2 fully saturated rings. The van der Waals surface area contributed by atoms with E-state index in [1.54, 1.807) is 20.8 Å². The van der Waals surface area contributed by atoms with E-state index >= 15 is 0 Å². The Kier molecular flexibility index (Phi) is 4.92. The lowest BCUT2D eigenvalue weighted by Crippen LogP contribution is -2.65. The van der Waals surface area contributed by atoms with Gasteiger partial charge in [-0.3, -0.25) is 4.79 Å². The number of rotatable bonds is 3. The van der Waals surface area contributed by atoms with Crippen molar-refractivity contribution in [2.75, 3.05) is 13.2 Å². The molecule has 1 heterocycles. The summed E-state index contributed by atoms with van der Waals surface area (Å²) in [5, 5.41) is 12.8. The van der Waals surface area contributed by atoms with Gasteiger partial charge in [-0.05, 0) is 52.9 Å². The lowest BCUT2D eigenvalue weighted by atomic mass is 9.60. The standard InChI is InChI=1S/C16H28N2O5/c1-14(2,3)23-13(21)18-16(8-9-22-10-16)15(12(19)20)6-4-11(17)5-7-15/h11H,4-10,17H2,1-3H3,(H,18,21)(H,19,20). The number of carbonyl (C=O) groups excluding carboxylic acids is 1. The molecule has 7 heteroatoms. The fourth-order valence-corrected chi connectivity index (χ4v) is 3.69. The first-order valence-corrected chi connectivity index (χ1v) is 8.18. The van der Waals surface area contributed by atoms with Gasteiger partial charge in [0.2, 0.25) is 0 Å². The summed E-state index contributed by atoms with van der Waals surface area (Å²) in [4.78, 5) is 24.4. The fourth-order valence-electron chi connectivity index (χ4n) is 3.69. The van der Waals surface area contributed by atoms with Crippen LogP contribution in [-0.4, -0.2) is 47.6 Å². The second-order valence-corrected chi connectivity index (χ2v) is 7.74. The molecule has 132 valence electrons. The third-order valence-corrected chi connectivity index (χ3v) is 4.97. The van der Waals surface area contributed by atoms with Crippen molar-refractivity contribution in [1.29, 1.82) is 0 Å². The third kappa shape index (κ3) is 3.61. The van der Waals surface area contributed by atoms with Gasteiger partial charge in [0, 0.05) is 12.6 Å². The zero-order valence-electron chi connectivity index (χ0n) is 14.2. The highest BCUT2D eigenvalue weighted by Crippen LogP contribution is 2.48. The van der Waals surface area contributed by atoms with Gasteiger partial charge in [0.05, 0.1) is 17.6 Å². The number of ether oxygens (including phenoxy) is 2. The number of alkyl carbamates (subject to hydrolysis) is 1. The molecule has 2 aliphatic rings.